The number of hydrogen-bond donors (Lipinski definition) is 1. The molecule has 0 saturated heterocycles. The molecule has 3 rings (SSSR count). The predicted octanol–water partition coefficient (Wildman–Crippen LogP) is 3.12. The maximum atomic E-state index is 12.4. The summed E-state index contributed by atoms with van der Waals surface area (Å²) >= 11 is 0. The van der Waals surface area contributed by atoms with Gasteiger partial charge in [0.15, 0.2) is 0 Å². The summed E-state index contributed by atoms with van der Waals surface area (Å²) in [7, 11) is 1.63. The molecule has 3 aromatic rings. The molecule has 1 amide bonds. The molecule has 0 saturated carbocycles. The lowest BCUT2D eigenvalue weighted by Crippen LogP contribution is -2.29. The Bertz CT molecular complexity index is 902. The molecule has 0 aliphatic carbocycles. The third kappa shape index (κ3) is 3.38. The van der Waals surface area contributed by atoms with Gasteiger partial charge in [-0.3, -0.25) is 9.78 Å². The molecular formula is C19H20N4O2. The van der Waals surface area contributed by atoms with E-state index in [0.717, 1.165) is 22.6 Å². The van der Waals surface area contributed by atoms with Crippen molar-refractivity contribution in [2.24, 2.45) is 0 Å². The highest BCUT2D eigenvalue weighted by atomic mass is 16.5. The third-order valence-corrected chi connectivity index (χ3v) is 3.93. The van der Waals surface area contributed by atoms with Crippen LogP contribution in [0.25, 0.3) is 11.0 Å². The molecule has 2 heterocycles. The number of nitrogens with zero attached hydrogens (tertiary/aromatic N) is 3. The number of pyridine rings is 1. The van der Waals surface area contributed by atoms with Crippen LogP contribution in [0.15, 0.2) is 55.3 Å². The van der Waals surface area contributed by atoms with E-state index in [1.807, 2.05) is 29.7 Å². The number of rotatable bonds is 6. The lowest BCUT2D eigenvalue weighted by Gasteiger charge is -2.15. The van der Waals surface area contributed by atoms with Crippen LogP contribution in [-0.2, 0) is 6.54 Å². The summed E-state index contributed by atoms with van der Waals surface area (Å²) in [5.74, 6) is 1.28. The minimum atomic E-state index is -0.284. The lowest BCUT2D eigenvalue weighted by molar-refractivity contribution is 0.0932. The van der Waals surface area contributed by atoms with Gasteiger partial charge in [-0.1, -0.05) is 12.1 Å². The topological polar surface area (TPSA) is 69.0 Å². The zero-order valence-electron chi connectivity index (χ0n) is 14.3. The lowest BCUT2D eigenvalue weighted by atomic mass is 10.2. The Morgan fingerprint density at radius 2 is 2.24 bits per heavy atom. The van der Waals surface area contributed by atoms with E-state index in [1.165, 1.54) is 0 Å². The molecule has 1 unspecified atom stereocenters. The average molecular weight is 336 g/mol. The van der Waals surface area contributed by atoms with Crippen LogP contribution in [0, 0.1) is 0 Å². The molecule has 0 radical (unpaired) electrons. The van der Waals surface area contributed by atoms with E-state index >= 15 is 0 Å². The fourth-order valence-corrected chi connectivity index (χ4v) is 2.73. The number of aromatic nitrogens is 3. The molecule has 0 spiro atoms. The van der Waals surface area contributed by atoms with Gasteiger partial charge in [0.2, 0.25) is 0 Å². The molecule has 1 aromatic carbocycles. The Kier molecular flexibility index (Phi) is 4.79. The Morgan fingerprint density at radius 1 is 1.40 bits per heavy atom. The monoisotopic (exact) mass is 336 g/mol. The first-order chi connectivity index (χ1) is 12.1. The van der Waals surface area contributed by atoms with E-state index in [0.29, 0.717) is 12.2 Å². The smallest absolute Gasteiger partial charge is 0.270 e. The van der Waals surface area contributed by atoms with Crippen LogP contribution in [0.4, 0.5) is 0 Å². The minimum Gasteiger partial charge on any atom is -0.497 e. The van der Waals surface area contributed by atoms with Crippen molar-refractivity contribution >= 4 is 16.9 Å². The molecule has 128 valence electrons. The van der Waals surface area contributed by atoms with Crippen molar-refractivity contribution in [1.82, 2.24) is 19.9 Å². The average Bonchev–Trinajstić information content (AvgIpc) is 3.00. The van der Waals surface area contributed by atoms with E-state index < -0.39 is 0 Å². The Morgan fingerprint density at radius 3 is 2.92 bits per heavy atom. The highest BCUT2D eigenvalue weighted by Crippen LogP contribution is 2.25. The first kappa shape index (κ1) is 16.7. The number of fused-ring (bicyclic) bond motifs is 1. The fourth-order valence-electron chi connectivity index (χ4n) is 2.73. The predicted molar refractivity (Wildman–Crippen MR) is 96.6 cm³/mol. The molecule has 0 fully saturated rings. The first-order valence-corrected chi connectivity index (χ1v) is 8.01. The molecule has 6 heteroatoms. The zero-order valence-corrected chi connectivity index (χ0v) is 14.3. The second kappa shape index (κ2) is 7.17. The van der Waals surface area contributed by atoms with E-state index in [1.54, 1.807) is 37.6 Å². The van der Waals surface area contributed by atoms with Gasteiger partial charge in [-0.2, -0.15) is 0 Å². The maximum absolute atomic E-state index is 12.4. The summed E-state index contributed by atoms with van der Waals surface area (Å²) in [4.78, 5) is 21.1. The summed E-state index contributed by atoms with van der Waals surface area (Å²) in [6.45, 7) is 6.30. The van der Waals surface area contributed by atoms with Crippen molar-refractivity contribution in [2.45, 2.75) is 19.5 Å². The standard InChI is InChI=1S/C19H20N4O2/c1-4-11-23-17-12-14(25-3)8-9-15(17)22-18(23)13(2)21-19(24)16-7-5-6-10-20-16/h4-10,12-13H,1,11H2,2-3H3,(H,21,24). The van der Waals surface area contributed by atoms with E-state index in [-0.39, 0.29) is 11.9 Å². The van der Waals surface area contributed by atoms with E-state index in [9.17, 15) is 4.79 Å². The number of imidazole rings is 1. The Labute approximate surface area is 146 Å². The molecule has 6 nitrogen and oxygen atoms in total. The molecular weight excluding hydrogens is 316 g/mol. The van der Waals surface area contributed by atoms with Gasteiger partial charge in [0.05, 0.1) is 24.2 Å². The van der Waals surface area contributed by atoms with Crippen LogP contribution >= 0.6 is 0 Å². The molecule has 0 aliphatic rings. The second-order valence-electron chi connectivity index (χ2n) is 5.63. The maximum Gasteiger partial charge on any atom is 0.270 e. The summed E-state index contributed by atoms with van der Waals surface area (Å²) in [6, 6.07) is 10.7. The van der Waals surface area contributed by atoms with Crippen LogP contribution in [0.1, 0.15) is 29.3 Å². The van der Waals surface area contributed by atoms with Crippen LogP contribution in [-0.4, -0.2) is 27.6 Å². The molecule has 0 aliphatic heterocycles. The van der Waals surface area contributed by atoms with Gasteiger partial charge in [0.1, 0.15) is 17.3 Å². The van der Waals surface area contributed by atoms with Gasteiger partial charge >= 0.3 is 0 Å². The molecule has 25 heavy (non-hydrogen) atoms. The zero-order chi connectivity index (χ0) is 17.8. The number of nitrogens with one attached hydrogen (secondary N) is 1. The second-order valence-corrected chi connectivity index (χ2v) is 5.63. The number of carbonyl (C=O) groups is 1. The van der Waals surface area contributed by atoms with Gasteiger partial charge < -0.3 is 14.6 Å². The number of amides is 1. The summed E-state index contributed by atoms with van der Waals surface area (Å²) < 4.78 is 7.32. The summed E-state index contributed by atoms with van der Waals surface area (Å²) in [6.07, 6.45) is 3.40. The van der Waals surface area contributed by atoms with Gasteiger partial charge in [-0.25, -0.2) is 4.98 Å². The van der Waals surface area contributed by atoms with E-state index in [2.05, 4.69) is 21.9 Å². The SMILES string of the molecule is C=CCn1c(C(C)NC(=O)c2ccccn2)nc2ccc(OC)cc21. The van der Waals surface area contributed by atoms with Crippen LogP contribution in [0.5, 0.6) is 5.75 Å². The van der Waals surface area contributed by atoms with Crippen LogP contribution < -0.4 is 10.1 Å². The van der Waals surface area contributed by atoms with Gasteiger partial charge in [0, 0.05) is 18.8 Å². The van der Waals surface area contributed by atoms with E-state index in [4.69, 9.17) is 4.74 Å². The highest BCUT2D eigenvalue weighted by Gasteiger charge is 2.19. The molecule has 1 atom stereocenters. The number of benzene rings is 1. The largest absolute Gasteiger partial charge is 0.497 e. The van der Waals surface area contributed by atoms with Crippen LogP contribution in [0.3, 0.4) is 0 Å². The minimum absolute atomic E-state index is 0.233. The van der Waals surface area contributed by atoms with Gasteiger partial charge in [-0.05, 0) is 31.2 Å². The number of ether oxygens (including phenoxy) is 1. The third-order valence-electron chi connectivity index (χ3n) is 3.93. The number of methoxy groups -OCH3 is 1. The van der Waals surface area contributed by atoms with Crippen LogP contribution in [0.2, 0.25) is 0 Å². The van der Waals surface area contributed by atoms with Crippen molar-refractivity contribution in [3.05, 3.63) is 66.8 Å². The van der Waals surface area contributed by atoms with Crippen molar-refractivity contribution in [2.75, 3.05) is 7.11 Å². The van der Waals surface area contributed by atoms with Crippen molar-refractivity contribution in [3.8, 4) is 5.75 Å². The summed E-state index contributed by atoms with van der Waals surface area (Å²) in [5, 5.41) is 2.95. The number of allylic oxidation sites excluding steroid dienone is 1. The molecule has 2 aromatic heterocycles. The number of carbonyl (C=O) groups excluding carboxylic acids is 1. The highest BCUT2D eigenvalue weighted by molar-refractivity contribution is 5.92. The summed E-state index contributed by atoms with van der Waals surface area (Å²) in [5.41, 5.74) is 2.16. The Balaban J connectivity index is 1.94. The van der Waals surface area contributed by atoms with Crippen molar-refractivity contribution in [3.63, 3.8) is 0 Å². The fraction of sp³-hybridized carbons (Fsp3) is 0.211. The molecule has 0 bridgehead atoms. The normalized spacial score (nSPS) is 11.9. The van der Waals surface area contributed by atoms with Crippen molar-refractivity contribution in [1.29, 1.82) is 0 Å². The van der Waals surface area contributed by atoms with Gasteiger partial charge in [-0.15, -0.1) is 6.58 Å². The van der Waals surface area contributed by atoms with Crippen molar-refractivity contribution < 1.29 is 9.53 Å². The first-order valence-electron chi connectivity index (χ1n) is 8.01. The Hall–Kier alpha value is -3.15. The quantitative estimate of drug-likeness (QED) is 0.702. The van der Waals surface area contributed by atoms with Gasteiger partial charge in [0.25, 0.3) is 5.91 Å². The molecule has 1 N–H and O–H groups in total. The number of hydrogen-bond acceptors (Lipinski definition) is 4.